The summed E-state index contributed by atoms with van der Waals surface area (Å²) < 4.78 is 33.5. The highest BCUT2D eigenvalue weighted by Crippen LogP contribution is 1.80. The average molecular weight is 485 g/mol. The van der Waals surface area contributed by atoms with Crippen LogP contribution in [0.1, 0.15) is 0 Å². The van der Waals surface area contributed by atoms with Gasteiger partial charge in [0, 0.05) is 0 Å². The summed E-state index contributed by atoms with van der Waals surface area (Å²) in [5, 5.41) is 33.2. The highest BCUT2D eigenvalue weighted by Gasteiger charge is 1.90. The van der Waals surface area contributed by atoms with Crippen LogP contribution in [0.2, 0.25) is 0 Å². The fourth-order valence-corrected chi connectivity index (χ4v) is 1.26. The van der Waals surface area contributed by atoms with Gasteiger partial charge in [-0.2, -0.15) is 0 Å². The van der Waals surface area contributed by atoms with E-state index in [1.54, 1.807) is 0 Å². The molecule has 0 spiro atoms. The van der Waals surface area contributed by atoms with E-state index in [0.717, 1.165) is 0 Å². The Morgan fingerprint density at radius 1 is 0.364 bits per heavy atom. The minimum atomic E-state index is 0.0413. The van der Waals surface area contributed by atoms with Crippen molar-refractivity contribution in [3.8, 4) is 0 Å². The Bertz CT molecular complexity index is 311. The molecule has 33 heavy (non-hydrogen) atoms. The predicted octanol–water partition coefficient (Wildman–Crippen LogP) is 0.605. The van der Waals surface area contributed by atoms with E-state index in [1.807, 2.05) is 0 Å². The first-order valence-corrected chi connectivity index (χ1v) is 10.2. The van der Waals surface area contributed by atoms with Crippen LogP contribution < -0.4 is 0 Å². The molecule has 0 unspecified atom stereocenters. The van der Waals surface area contributed by atoms with Crippen molar-refractivity contribution >= 4 is 0 Å². The molecule has 0 aromatic rings. The largest absolute Gasteiger partial charge is 0.474 e. The summed E-state index contributed by atoms with van der Waals surface area (Å²) >= 11 is 0. The second-order valence-electron chi connectivity index (χ2n) is 4.90. The van der Waals surface area contributed by atoms with E-state index in [1.165, 1.54) is 25.0 Å². The molecule has 0 atom stereocenters. The lowest BCUT2D eigenvalue weighted by Crippen LogP contribution is -2.11. The van der Waals surface area contributed by atoms with Crippen molar-refractivity contribution in [1.29, 1.82) is 0 Å². The highest BCUT2D eigenvalue weighted by atomic mass is 16.5. The van der Waals surface area contributed by atoms with Gasteiger partial charge in [0.25, 0.3) is 0 Å². The average Bonchev–Trinajstić information content (AvgIpc) is 2.83. The van der Waals surface area contributed by atoms with Crippen molar-refractivity contribution in [2.75, 3.05) is 92.5 Å². The van der Waals surface area contributed by atoms with Gasteiger partial charge in [0.1, 0.15) is 0 Å². The van der Waals surface area contributed by atoms with Gasteiger partial charge in [-0.15, -0.1) is 0 Å². The van der Waals surface area contributed by atoms with Gasteiger partial charge in [0.05, 0.1) is 118 Å². The maximum Gasteiger partial charge on any atom is 0.0829 e. The maximum atomic E-state index is 8.36. The van der Waals surface area contributed by atoms with Gasteiger partial charge in [0.2, 0.25) is 0 Å². The van der Waals surface area contributed by atoms with E-state index < -0.39 is 0 Å². The maximum absolute atomic E-state index is 8.36. The van der Waals surface area contributed by atoms with E-state index in [4.69, 9.17) is 44.1 Å². The SMILES string of the molecule is C=COC=C.C=COC=C.OCCOCCOCCO.OCCOCCOCCOCCO. The molecular weight excluding hydrogens is 440 g/mol. The van der Waals surface area contributed by atoms with Crippen LogP contribution in [0.15, 0.2) is 51.4 Å². The van der Waals surface area contributed by atoms with Crippen molar-refractivity contribution < 1.29 is 53.6 Å². The Hall–Kier alpha value is -1.80. The highest BCUT2D eigenvalue weighted by molar-refractivity contribution is 4.57. The molecule has 0 rings (SSSR count). The molecule has 11 nitrogen and oxygen atoms in total. The number of aliphatic hydroxyl groups is 4. The topological polar surface area (TPSA) is 146 Å². The Morgan fingerprint density at radius 3 is 0.667 bits per heavy atom. The van der Waals surface area contributed by atoms with Crippen LogP contribution in [0.3, 0.4) is 0 Å². The Balaban J connectivity index is -0.000000185. The first-order valence-electron chi connectivity index (χ1n) is 10.2. The number of aliphatic hydroxyl groups excluding tert-OH is 4. The Morgan fingerprint density at radius 2 is 0.545 bits per heavy atom. The van der Waals surface area contributed by atoms with Gasteiger partial charge < -0.3 is 53.6 Å². The molecule has 0 saturated carbocycles. The normalized spacial score (nSPS) is 8.97. The summed E-state index contributed by atoms with van der Waals surface area (Å²) in [4.78, 5) is 0. The molecule has 4 N–H and O–H groups in total. The molecule has 0 aliphatic heterocycles. The molecule has 11 heteroatoms. The van der Waals surface area contributed by atoms with E-state index >= 15 is 0 Å². The molecular formula is C22H44O11. The van der Waals surface area contributed by atoms with E-state index in [-0.39, 0.29) is 26.4 Å². The van der Waals surface area contributed by atoms with E-state index in [2.05, 4.69) is 35.8 Å². The van der Waals surface area contributed by atoms with Gasteiger partial charge in [-0.05, 0) is 0 Å². The summed E-state index contributed by atoms with van der Waals surface area (Å²) in [7, 11) is 0. The molecule has 0 fully saturated rings. The molecule has 0 saturated heterocycles. The standard InChI is InChI=1S/C8H18O5.C6H14O4.2C4H6O/c9-1-3-11-5-7-13-8-6-12-4-2-10;7-1-3-9-5-6-10-4-2-8;2*1-3-5-4-2/h9-10H,1-8H2;7-8H,1-6H2;2*3-4H,1-2H2. The van der Waals surface area contributed by atoms with Crippen molar-refractivity contribution in [2.45, 2.75) is 0 Å². The third kappa shape index (κ3) is 65.1. The fraction of sp³-hybridized carbons (Fsp3) is 0.636. The second kappa shape index (κ2) is 47.8. The quantitative estimate of drug-likeness (QED) is 0.134. The molecule has 0 radical (unpaired) electrons. The lowest BCUT2D eigenvalue weighted by atomic mass is 10.7. The van der Waals surface area contributed by atoms with Crippen molar-refractivity contribution in [3.05, 3.63) is 51.4 Å². The number of ether oxygens (including phenoxy) is 7. The van der Waals surface area contributed by atoms with Crippen LogP contribution in [0, 0.1) is 0 Å². The Labute approximate surface area is 198 Å². The predicted molar refractivity (Wildman–Crippen MR) is 125 cm³/mol. The number of hydrogen-bond donors (Lipinski definition) is 4. The molecule has 198 valence electrons. The van der Waals surface area contributed by atoms with E-state index in [0.29, 0.717) is 66.1 Å². The summed E-state index contributed by atoms with van der Waals surface area (Å²) in [6.07, 6.45) is 5.25. The first kappa shape index (κ1) is 38.5. The van der Waals surface area contributed by atoms with Gasteiger partial charge in [-0.3, -0.25) is 0 Å². The lowest BCUT2D eigenvalue weighted by Gasteiger charge is -2.04. The van der Waals surface area contributed by atoms with Gasteiger partial charge in [0.15, 0.2) is 0 Å². The number of rotatable bonds is 21. The van der Waals surface area contributed by atoms with Crippen LogP contribution >= 0.6 is 0 Å². The van der Waals surface area contributed by atoms with Gasteiger partial charge >= 0.3 is 0 Å². The molecule has 0 aromatic heterocycles. The van der Waals surface area contributed by atoms with Crippen LogP contribution in [-0.2, 0) is 33.2 Å². The van der Waals surface area contributed by atoms with Gasteiger partial charge in [-0.1, -0.05) is 26.3 Å². The smallest absolute Gasteiger partial charge is 0.0829 e. The second-order valence-corrected chi connectivity index (χ2v) is 4.90. The van der Waals surface area contributed by atoms with Gasteiger partial charge in [-0.25, -0.2) is 0 Å². The summed E-state index contributed by atoms with van der Waals surface area (Å²) in [5.74, 6) is 0. The zero-order chi connectivity index (χ0) is 25.7. The zero-order valence-corrected chi connectivity index (χ0v) is 19.7. The third-order valence-electron chi connectivity index (χ3n) is 2.44. The van der Waals surface area contributed by atoms with Crippen molar-refractivity contribution in [2.24, 2.45) is 0 Å². The Kier molecular flexibility index (Phi) is 55.8. The fourth-order valence-electron chi connectivity index (χ4n) is 1.26. The first-order chi connectivity index (χ1) is 16.2. The molecule has 0 heterocycles. The lowest BCUT2D eigenvalue weighted by molar-refractivity contribution is 0.00230. The minimum Gasteiger partial charge on any atom is -0.474 e. The number of hydrogen-bond acceptors (Lipinski definition) is 11. The van der Waals surface area contributed by atoms with Crippen molar-refractivity contribution in [3.63, 3.8) is 0 Å². The zero-order valence-electron chi connectivity index (χ0n) is 19.7. The van der Waals surface area contributed by atoms with E-state index in [9.17, 15) is 0 Å². The summed E-state index contributed by atoms with van der Waals surface area (Å²) in [6, 6.07) is 0. The van der Waals surface area contributed by atoms with Crippen molar-refractivity contribution in [1.82, 2.24) is 0 Å². The summed E-state index contributed by atoms with van der Waals surface area (Å²) in [6.45, 7) is 17.5. The van der Waals surface area contributed by atoms with Crippen LogP contribution in [0.5, 0.6) is 0 Å². The molecule has 0 aliphatic carbocycles. The molecule has 0 amide bonds. The molecule has 0 aromatic carbocycles. The molecule has 0 aliphatic rings. The van der Waals surface area contributed by atoms with Crippen LogP contribution in [-0.4, -0.2) is 113 Å². The van der Waals surface area contributed by atoms with Crippen LogP contribution in [0.4, 0.5) is 0 Å². The minimum absolute atomic E-state index is 0.0413. The summed E-state index contributed by atoms with van der Waals surface area (Å²) in [5.41, 5.74) is 0. The molecule has 0 bridgehead atoms. The van der Waals surface area contributed by atoms with Crippen LogP contribution in [0.25, 0.3) is 0 Å². The monoisotopic (exact) mass is 484 g/mol. The third-order valence-corrected chi connectivity index (χ3v) is 2.44.